The van der Waals surface area contributed by atoms with Crippen LogP contribution in [0.1, 0.15) is 31.2 Å². The van der Waals surface area contributed by atoms with Crippen LogP contribution in [0, 0.1) is 6.92 Å². The Morgan fingerprint density at radius 3 is 2.79 bits per heavy atom. The molecule has 0 radical (unpaired) electrons. The zero-order valence-electron chi connectivity index (χ0n) is 11.5. The number of anilines is 1. The summed E-state index contributed by atoms with van der Waals surface area (Å²) in [5, 5.41) is 0. The maximum absolute atomic E-state index is 10.8. The van der Waals surface area contributed by atoms with Crippen molar-refractivity contribution in [3.8, 4) is 0 Å². The number of nitrogens with two attached hydrogens (primary N) is 1. The van der Waals surface area contributed by atoms with E-state index in [-0.39, 0.29) is 18.6 Å². The molecule has 104 valence electrons. The summed E-state index contributed by atoms with van der Waals surface area (Å²) in [6.45, 7) is 3.49. The molecule has 1 atom stereocenters. The van der Waals surface area contributed by atoms with Gasteiger partial charge in [-0.2, -0.15) is 0 Å². The standard InChI is InChI=1S/C15H22N2O2/c1-12-5-7-13(8-6-12)17-10-3-2-4-15(17)19-11-9-14(16)18/h5-8,15H,2-4,9-11H2,1H3,(H2,16,18)/t15-/m1/s1. The quantitative estimate of drug-likeness (QED) is 0.885. The summed E-state index contributed by atoms with van der Waals surface area (Å²) >= 11 is 0. The van der Waals surface area contributed by atoms with Gasteiger partial charge in [0.25, 0.3) is 0 Å². The van der Waals surface area contributed by atoms with E-state index < -0.39 is 0 Å². The number of hydrogen-bond donors (Lipinski definition) is 1. The minimum atomic E-state index is -0.308. The van der Waals surface area contributed by atoms with E-state index in [1.165, 1.54) is 24.1 Å². The number of hydrogen-bond acceptors (Lipinski definition) is 3. The van der Waals surface area contributed by atoms with Crippen molar-refractivity contribution >= 4 is 11.6 Å². The van der Waals surface area contributed by atoms with Crippen LogP contribution in [0.4, 0.5) is 5.69 Å². The molecule has 0 unspecified atom stereocenters. The van der Waals surface area contributed by atoms with Crippen molar-refractivity contribution in [2.24, 2.45) is 5.73 Å². The molecular weight excluding hydrogens is 240 g/mol. The molecule has 0 bridgehead atoms. The van der Waals surface area contributed by atoms with Crippen LogP contribution in [0.15, 0.2) is 24.3 Å². The molecule has 1 amide bonds. The SMILES string of the molecule is Cc1ccc(N2CCCC[C@H]2OCCC(N)=O)cc1. The van der Waals surface area contributed by atoms with Crippen molar-refractivity contribution < 1.29 is 9.53 Å². The van der Waals surface area contributed by atoms with Gasteiger partial charge in [-0.15, -0.1) is 0 Å². The van der Waals surface area contributed by atoms with E-state index >= 15 is 0 Å². The van der Waals surface area contributed by atoms with Crippen molar-refractivity contribution in [2.75, 3.05) is 18.1 Å². The van der Waals surface area contributed by atoms with Crippen molar-refractivity contribution in [1.82, 2.24) is 0 Å². The van der Waals surface area contributed by atoms with Crippen LogP contribution in [0.25, 0.3) is 0 Å². The van der Waals surface area contributed by atoms with Crippen LogP contribution in [-0.2, 0) is 9.53 Å². The molecule has 1 heterocycles. The number of amides is 1. The molecule has 0 spiro atoms. The van der Waals surface area contributed by atoms with Crippen LogP contribution in [0.2, 0.25) is 0 Å². The van der Waals surface area contributed by atoms with Gasteiger partial charge in [0.05, 0.1) is 6.61 Å². The highest BCUT2D eigenvalue weighted by Gasteiger charge is 2.23. The second-order valence-corrected chi connectivity index (χ2v) is 5.07. The first-order chi connectivity index (χ1) is 9.16. The molecule has 4 nitrogen and oxygen atoms in total. The third-order valence-electron chi connectivity index (χ3n) is 3.47. The van der Waals surface area contributed by atoms with Gasteiger partial charge in [-0.05, 0) is 38.3 Å². The van der Waals surface area contributed by atoms with E-state index in [4.69, 9.17) is 10.5 Å². The van der Waals surface area contributed by atoms with E-state index in [1.54, 1.807) is 0 Å². The Hall–Kier alpha value is -1.55. The molecule has 2 N–H and O–H groups in total. The lowest BCUT2D eigenvalue weighted by molar-refractivity contribution is -0.119. The van der Waals surface area contributed by atoms with E-state index in [1.807, 2.05) is 0 Å². The van der Waals surface area contributed by atoms with Crippen molar-refractivity contribution in [2.45, 2.75) is 38.8 Å². The maximum Gasteiger partial charge on any atom is 0.219 e. The molecule has 0 saturated carbocycles. The number of rotatable bonds is 5. The Morgan fingerprint density at radius 2 is 2.11 bits per heavy atom. The fourth-order valence-corrected chi connectivity index (χ4v) is 2.40. The summed E-state index contributed by atoms with van der Waals surface area (Å²) in [6.07, 6.45) is 3.72. The van der Waals surface area contributed by atoms with Crippen LogP contribution in [0.5, 0.6) is 0 Å². The first kappa shape index (κ1) is 13.9. The highest BCUT2D eigenvalue weighted by molar-refractivity contribution is 5.73. The number of piperidine rings is 1. The Balaban J connectivity index is 1.99. The Morgan fingerprint density at radius 1 is 1.37 bits per heavy atom. The molecule has 0 aliphatic carbocycles. The second kappa shape index (κ2) is 6.57. The topological polar surface area (TPSA) is 55.6 Å². The van der Waals surface area contributed by atoms with E-state index in [9.17, 15) is 4.79 Å². The van der Waals surface area contributed by atoms with Gasteiger partial charge in [0, 0.05) is 18.7 Å². The highest BCUT2D eigenvalue weighted by Crippen LogP contribution is 2.25. The summed E-state index contributed by atoms with van der Waals surface area (Å²) in [6, 6.07) is 8.49. The predicted octanol–water partition coefficient (Wildman–Crippen LogP) is 2.20. The summed E-state index contributed by atoms with van der Waals surface area (Å²) in [7, 11) is 0. The average molecular weight is 262 g/mol. The number of nitrogens with zero attached hydrogens (tertiary/aromatic N) is 1. The number of benzene rings is 1. The van der Waals surface area contributed by atoms with Gasteiger partial charge < -0.3 is 15.4 Å². The van der Waals surface area contributed by atoms with E-state index in [0.29, 0.717) is 6.61 Å². The second-order valence-electron chi connectivity index (χ2n) is 5.07. The van der Waals surface area contributed by atoms with Crippen molar-refractivity contribution in [3.63, 3.8) is 0 Å². The van der Waals surface area contributed by atoms with Gasteiger partial charge in [-0.3, -0.25) is 4.79 Å². The zero-order valence-corrected chi connectivity index (χ0v) is 11.5. The van der Waals surface area contributed by atoms with Crippen LogP contribution < -0.4 is 10.6 Å². The van der Waals surface area contributed by atoms with Crippen LogP contribution in [-0.4, -0.2) is 25.3 Å². The molecule has 19 heavy (non-hydrogen) atoms. The molecule has 1 aromatic carbocycles. The van der Waals surface area contributed by atoms with Gasteiger partial charge >= 0.3 is 0 Å². The van der Waals surface area contributed by atoms with E-state index in [2.05, 4.69) is 36.1 Å². The number of aryl methyl sites for hydroxylation is 1. The fraction of sp³-hybridized carbons (Fsp3) is 0.533. The monoisotopic (exact) mass is 262 g/mol. The first-order valence-electron chi connectivity index (χ1n) is 6.90. The molecule has 1 aliphatic heterocycles. The predicted molar refractivity (Wildman–Crippen MR) is 75.9 cm³/mol. The number of carbonyl (C=O) groups excluding carboxylic acids is 1. The normalized spacial score (nSPS) is 19.4. The number of primary amides is 1. The number of ether oxygens (including phenoxy) is 1. The minimum absolute atomic E-state index is 0.0656. The molecule has 1 aliphatic rings. The Labute approximate surface area is 114 Å². The largest absolute Gasteiger partial charge is 0.370 e. The van der Waals surface area contributed by atoms with Gasteiger partial charge in [-0.25, -0.2) is 0 Å². The summed E-state index contributed by atoms with van der Waals surface area (Å²) in [5.74, 6) is -0.308. The van der Waals surface area contributed by atoms with Gasteiger partial charge in [0.2, 0.25) is 5.91 Å². The minimum Gasteiger partial charge on any atom is -0.370 e. The van der Waals surface area contributed by atoms with Crippen LogP contribution in [0.3, 0.4) is 0 Å². The average Bonchev–Trinajstić information content (AvgIpc) is 2.40. The molecular formula is C15H22N2O2. The van der Waals surface area contributed by atoms with E-state index in [0.717, 1.165) is 13.0 Å². The zero-order chi connectivity index (χ0) is 13.7. The summed E-state index contributed by atoms with van der Waals surface area (Å²) < 4.78 is 5.82. The molecule has 1 aromatic rings. The summed E-state index contributed by atoms with van der Waals surface area (Å²) in [5.41, 5.74) is 7.58. The van der Waals surface area contributed by atoms with Gasteiger partial charge in [0.15, 0.2) is 0 Å². The molecule has 1 saturated heterocycles. The lowest BCUT2D eigenvalue weighted by Gasteiger charge is -2.37. The third-order valence-corrected chi connectivity index (χ3v) is 3.47. The molecule has 1 fully saturated rings. The van der Waals surface area contributed by atoms with Crippen molar-refractivity contribution in [1.29, 1.82) is 0 Å². The van der Waals surface area contributed by atoms with Crippen LogP contribution >= 0.6 is 0 Å². The Bertz CT molecular complexity index is 417. The smallest absolute Gasteiger partial charge is 0.219 e. The maximum atomic E-state index is 10.8. The lowest BCUT2D eigenvalue weighted by Crippen LogP contribution is -2.41. The van der Waals surface area contributed by atoms with Gasteiger partial charge in [0.1, 0.15) is 6.23 Å². The Kier molecular flexibility index (Phi) is 4.80. The lowest BCUT2D eigenvalue weighted by atomic mass is 10.1. The van der Waals surface area contributed by atoms with Crippen molar-refractivity contribution in [3.05, 3.63) is 29.8 Å². The fourth-order valence-electron chi connectivity index (χ4n) is 2.40. The molecule has 2 rings (SSSR count). The first-order valence-corrected chi connectivity index (χ1v) is 6.90. The summed E-state index contributed by atoms with van der Waals surface area (Å²) in [4.78, 5) is 13.0. The third kappa shape index (κ3) is 3.96. The van der Waals surface area contributed by atoms with Gasteiger partial charge in [-0.1, -0.05) is 17.7 Å². The molecule has 4 heteroatoms. The number of carbonyl (C=O) groups is 1. The highest BCUT2D eigenvalue weighted by atomic mass is 16.5. The molecule has 0 aromatic heterocycles.